The molecule has 8 nitrogen and oxygen atoms in total. The number of hydrogen-bond acceptors (Lipinski definition) is 5. The van der Waals surface area contributed by atoms with Gasteiger partial charge in [0.25, 0.3) is 17.5 Å². The van der Waals surface area contributed by atoms with Crippen molar-refractivity contribution in [1.82, 2.24) is 4.90 Å². The van der Waals surface area contributed by atoms with E-state index in [1.165, 1.54) is 24.3 Å². The van der Waals surface area contributed by atoms with Crippen molar-refractivity contribution in [3.8, 4) is 5.75 Å². The molecule has 2 aromatic rings. The van der Waals surface area contributed by atoms with Gasteiger partial charge >= 0.3 is 0 Å². The van der Waals surface area contributed by atoms with E-state index in [9.17, 15) is 19.7 Å². The molecule has 0 fully saturated rings. The molecule has 8 heteroatoms. The van der Waals surface area contributed by atoms with Crippen molar-refractivity contribution in [3.05, 3.63) is 64.2 Å². The fourth-order valence-electron chi connectivity index (χ4n) is 2.40. The molecule has 0 bridgehead atoms. The van der Waals surface area contributed by atoms with Gasteiger partial charge < -0.3 is 15.0 Å². The summed E-state index contributed by atoms with van der Waals surface area (Å²) < 4.78 is 5.30. The van der Waals surface area contributed by atoms with Crippen LogP contribution in [0.15, 0.2) is 48.5 Å². The number of benzene rings is 2. The van der Waals surface area contributed by atoms with Gasteiger partial charge in [0, 0.05) is 36.5 Å². The third-order valence-corrected chi connectivity index (χ3v) is 3.88. The molecule has 2 aromatic carbocycles. The number of carbonyl (C=O) groups excluding carboxylic acids is 2. The molecule has 2 amide bonds. The quantitative estimate of drug-likeness (QED) is 0.567. The molecule has 0 radical (unpaired) electrons. The Labute approximate surface area is 156 Å². The molecule has 0 heterocycles. The second kappa shape index (κ2) is 9.33. The van der Waals surface area contributed by atoms with Gasteiger partial charge in [0.15, 0.2) is 6.61 Å². The number of amides is 2. The number of nitrogens with zero attached hydrogens (tertiary/aromatic N) is 2. The van der Waals surface area contributed by atoms with Crippen LogP contribution in [0.5, 0.6) is 5.75 Å². The maximum absolute atomic E-state index is 12.2. The number of non-ortho nitro benzene ring substituents is 1. The van der Waals surface area contributed by atoms with Gasteiger partial charge in [0.05, 0.1) is 4.92 Å². The molecule has 0 aliphatic heterocycles. The zero-order valence-electron chi connectivity index (χ0n) is 15.2. The van der Waals surface area contributed by atoms with Crippen LogP contribution in [0.2, 0.25) is 0 Å². The van der Waals surface area contributed by atoms with Crippen molar-refractivity contribution in [2.45, 2.75) is 13.8 Å². The number of rotatable bonds is 8. The Morgan fingerprint density at radius 3 is 2.15 bits per heavy atom. The highest BCUT2D eigenvalue weighted by molar-refractivity contribution is 5.96. The molecule has 0 saturated carbocycles. The predicted molar refractivity (Wildman–Crippen MR) is 101 cm³/mol. The molecule has 0 aliphatic carbocycles. The van der Waals surface area contributed by atoms with Crippen LogP contribution in [0.3, 0.4) is 0 Å². The van der Waals surface area contributed by atoms with E-state index in [4.69, 9.17) is 4.74 Å². The zero-order chi connectivity index (χ0) is 19.8. The summed E-state index contributed by atoms with van der Waals surface area (Å²) in [5.41, 5.74) is 1.05. The maximum atomic E-state index is 12.2. The predicted octanol–water partition coefficient (Wildman–Crippen LogP) is 3.09. The Hall–Kier alpha value is -3.42. The first-order valence-corrected chi connectivity index (χ1v) is 8.51. The summed E-state index contributed by atoms with van der Waals surface area (Å²) in [6.07, 6.45) is 0. The molecule has 2 rings (SSSR count). The fourth-order valence-corrected chi connectivity index (χ4v) is 2.40. The highest BCUT2D eigenvalue weighted by atomic mass is 16.6. The molecular formula is C19H21N3O5. The SMILES string of the molecule is CCN(CC)C(=O)c1ccc(NC(=O)COc2ccc([N+](=O)[O-])cc2)cc1. The monoisotopic (exact) mass is 371 g/mol. The van der Waals surface area contributed by atoms with E-state index in [2.05, 4.69) is 5.32 Å². The lowest BCUT2D eigenvalue weighted by molar-refractivity contribution is -0.384. The summed E-state index contributed by atoms with van der Waals surface area (Å²) in [5, 5.41) is 13.3. The number of nitrogens with one attached hydrogen (secondary N) is 1. The minimum absolute atomic E-state index is 0.0499. The Bertz CT molecular complexity index is 799. The molecule has 0 aliphatic rings. The molecule has 0 unspecified atom stereocenters. The maximum Gasteiger partial charge on any atom is 0.269 e. The average Bonchev–Trinajstić information content (AvgIpc) is 2.68. The zero-order valence-corrected chi connectivity index (χ0v) is 15.2. The van der Waals surface area contributed by atoms with E-state index in [0.29, 0.717) is 30.1 Å². The summed E-state index contributed by atoms with van der Waals surface area (Å²) in [6, 6.07) is 12.1. The summed E-state index contributed by atoms with van der Waals surface area (Å²) in [4.78, 5) is 36.0. The molecule has 27 heavy (non-hydrogen) atoms. The first-order chi connectivity index (χ1) is 12.9. The number of nitro groups is 1. The normalized spacial score (nSPS) is 10.1. The third kappa shape index (κ3) is 5.53. The number of hydrogen-bond donors (Lipinski definition) is 1. The van der Waals surface area contributed by atoms with Crippen LogP contribution in [0, 0.1) is 10.1 Å². The smallest absolute Gasteiger partial charge is 0.269 e. The highest BCUT2D eigenvalue weighted by Gasteiger charge is 2.12. The van der Waals surface area contributed by atoms with Crippen LogP contribution in [0.1, 0.15) is 24.2 Å². The van der Waals surface area contributed by atoms with E-state index in [1.807, 2.05) is 13.8 Å². The lowest BCUT2D eigenvalue weighted by Crippen LogP contribution is -2.30. The molecule has 0 atom stereocenters. The van der Waals surface area contributed by atoms with Gasteiger partial charge in [-0.15, -0.1) is 0 Å². The highest BCUT2D eigenvalue weighted by Crippen LogP contribution is 2.17. The fraction of sp³-hybridized carbons (Fsp3) is 0.263. The summed E-state index contributed by atoms with van der Waals surface area (Å²) in [6.45, 7) is 4.86. The van der Waals surface area contributed by atoms with E-state index >= 15 is 0 Å². The van der Waals surface area contributed by atoms with Crippen LogP contribution >= 0.6 is 0 Å². The first-order valence-electron chi connectivity index (χ1n) is 8.51. The summed E-state index contributed by atoms with van der Waals surface area (Å²) >= 11 is 0. The second-order valence-electron chi connectivity index (χ2n) is 5.64. The van der Waals surface area contributed by atoms with Gasteiger partial charge in [-0.05, 0) is 50.2 Å². The number of anilines is 1. The van der Waals surface area contributed by atoms with Gasteiger partial charge in [-0.1, -0.05) is 0 Å². The van der Waals surface area contributed by atoms with E-state index in [-0.39, 0.29) is 24.1 Å². The van der Waals surface area contributed by atoms with Crippen LogP contribution < -0.4 is 10.1 Å². The van der Waals surface area contributed by atoms with Crippen LogP contribution in [0.25, 0.3) is 0 Å². The van der Waals surface area contributed by atoms with E-state index in [1.54, 1.807) is 29.2 Å². The lowest BCUT2D eigenvalue weighted by atomic mass is 10.2. The van der Waals surface area contributed by atoms with Crippen molar-refractivity contribution in [3.63, 3.8) is 0 Å². The van der Waals surface area contributed by atoms with Gasteiger partial charge in [-0.3, -0.25) is 19.7 Å². The Kier molecular flexibility index (Phi) is 6.87. The molecule has 0 aromatic heterocycles. The molecule has 1 N–H and O–H groups in total. The minimum atomic E-state index is -0.509. The molecular weight excluding hydrogens is 350 g/mol. The third-order valence-electron chi connectivity index (χ3n) is 3.88. The van der Waals surface area contributed by atoms with Gasteiger partial charge in [0.1, 0.15) is 5.75 Å². The van der Waals surface area contributed by atoms with Crippen molar-refractivity contribution in [1.29, 1.82) is 0 Å². The van der Waals surface area contributed by atoms with Crippen LogP contribution in [-0.4, -0.2) is 41.3 Å². The Balaban J connectivity index is 1.88. The van der Waals surface area contributed by atoms with Crippen molar-refractivity contribution in [2.24, 2.45) is 0 Å². The number of ether oxygens (including phenoxy) is 1. The molecule has 0 spiro atoms. The Morgan fingerprint density at radius 1 is 1.04 bits per heavy atom. The molecule has 142 valence electrons. The molecule has 0 saturated heterocycles. The Morgan fingerprint density at radius 2 is 1.63 bits per heavy atom. The lowest BCUT2D eigenvalue weighted by Gasteiger charge is -2.18. The van der Waals surface area contributed by atoms with Gasteiger partial charge in [0.2, 0.25) is 0 Å². The first kappa shape index (κ1) is 19.9. The average molecular weight is 371 g/mol. The topological polar surface area (TPSA) is 102 Å². The van der Waals surface area contributed by atoms with Crippen molar-refractivity contribution < 1.29 is 19.2 Å². The summed E-state index contributed by atoms with van der Waals surface area (Å²) in [5.74, 6) is -0.0773. The van der Waals surface area contributed by atoms with Crippen molar-refractivity contribution in [2.75, 3.05) is 25.0 Å². The summed E-state index contributed by atoms with van der Waals surface area (Å²) in [7, 11) is 0. The number of nitro benzene ring substituents is 1. The van der Waals surface area contributed by atoms with E-state index < -0.39 is 4.92 Å². The van der Waals surface area contributed by atoms with E-state index in [0.717, 1.165) is 0 Å². The number of carbonyl (C=O) groups is 2. The standard InChI is InChI=1S/C19H21N3O5/c1-3-21(4-2)19(24)14-5-7-15(8-6-14)20-18(23)13-27-17-11-9-16(10-12-17)22(25)26/h5-12H,3-4,13H2,1-2H3,(H,20,23). The van der Waals surface area contributed by atoms with Gasteiger partial charge in [-0.25, -0.2) is 0 Å². The minimum Gasteiger partial charge on any atom is -0.484 e. The van der Waals surface area contributed by atoms with Crippen LogP contribution in [0.4, 0.5) is 11.4 Å². The van der Waals surface area contributed by atoms with Gasteiger partial charge in [-0.2, -0.15) is 0 Å². The second-order valence-corrected chi connectivity index (χ2v) is 5.64. The largest absolute Gasteiger partial charge is 0.484 e. The van der Waals surface area contributed by atoms with Crippen molar-refractivity contribution >= 4 is 23.2 Å². The van der Waals surface area contributed by atoms with Crippen LogP contribution in [-0.2, 0) is 4.79 Å².